The number of likely N-dealkylation sites (tertiary alicyclic amines) is 1. The number of rotatable bonds is 10. The van der Waals surface area contributed by atoms with Crippen LogP contribution >= 0.6 is 11.6 Å². The van der Waals surface area contributed by atoms with Gasteiger partial charge in [-0.05, 0) is 71.9 Å². The molecule has 2 aromatic heterocycles. The van der Waals surface area contributed by atoms with Crippen molar-refractivity contribution >= 4 is 17.4 Å². The SMILES string of the molecule is CNC[C@@H](O)COc1ccc(Cl)c(-c2nc(-c3c(C)noc3C)c(C)c(N3CC4(CCN(CC(F)F)CC4)C3)n2)c1. The molecule has 9 nitrogen and oxygen atoms in total. The maximum Gasteiger partial charge on any atom is 0.251 e. The van der Waals surface area contributed by atoms with E-state index in [1.165, 1.54) is 0 Å². The van der Waals surface area contributed by atoms with Gasteiger partial charge in [-0.2, -0.15) is 0 Å². The van der Waals surface area contributed by atoms with Gasteiger partial charge in [0.05, 0.1) is 28.5 Å². The normalized spacial score (nSPS) is 17.7. The van der Waals surface area contributed by atoms with Crippen molar-refractivity contribution in [3.63, 3.8) is 0 Å². The fourth-order valence-electron chi connectivity index (χ4n) is 5.88. The largest absolute Gasteiger partial charge is 0.491 e. The van der Waals surface area contributed by atoms with E-state index in [2.05, 4.69) is 15.4 Å². The number of piperidine rings is 1. The molecule has 3 aromatic rings. The summed E-state index contributed by atoms with van der Waals surface area (Å²) in [4.78, 5) is 14.1. The number of ether oxygens (including phenoxy) is 1. The molecule has 222 valence electrons. The molecule has 5 rings (SSSR count). The van der Waals surface area contributed by atoms with Crippen LogP contribution in [0.2, 0.25) is 5.02 Å². The molecule has 1 aromatic carbocycles. The number of aliphatic hydroxyl groups excluding tert-OH is 1. The molecule has 1 spiro atoms. The number of aromatic nitrogens is 3. The number of benzene rings is 1. The van der Waals surface area contributed by atoms with Gasteiger partial charge in [0.2, 0.25) is 0 Å². The molecule has 4 heterocycles. The second-order valence-electron chi connectivity index (χ2n) is 11.3. The third-order valence-corrected chi connectivity index (χ3v) is 8.45. The van der Waals surface area contributed by atoms with Crippen molar-refractivity contribution in [3.8, 4) is 28.4 Å². The molecule has 0 amide bonds. The molecule has 12 heteroatoms. The van der Waals surface area contributed by atoms with Gasteiger partial charge in [0.15, 0.2) is 5.82 Å². The summed E-state index contributed by atoms with van der Waals surface area (Å²) in [6.07, 6.45) is -1.20. The third kappa shape index (κ3) is 6.33. The Bertz CT molecular complexity index is 1350. The van der Waals surface area contributed by atoms with Gasteiger partial charge < -0.3 is 24.6 Å². The van der Waals surface area contributed by atoms with Gasteiger partial charge >= 0.3 is 0 Å². The maximum atomic E-state index is 12.9. The predicted molar refractivity (Wildman–Crippen MR) is 154 cm³/mol. The lowest BCUT2D eigenvalue weighted by molar-refractivity contribution is 0.0318. The number of aryl methyl sites for hydroxylation is 2. The van der Waals surface area contributed by atoms with Crippen molar-refractivity contribution in [2.24, 2.45) is 5.41 Å². The van der Waals surface area contributed by atoms with Gasteiger partial charge in [-0.25, -0.2) is 18.7 Å². The molecule has 41 heavy (non-hydrogen) atoms. The maximum absolute atomic E-state index is 12.9. The summed E-state index contributed by atoms with van der Waals surface area (Å²) in [5, 5.41) is 17.6. The van der Waals surface area contributed by atoms with Crippen molar-refractivity contribution in [1.29, 1.82) is 0 Å². The quantitative estimate of drug-likeness (QED) is 0.353. The van der Waals surface area contributed by atoms with Crippen LogP contribution in [0.15, 0.2) is 22.7 Å². The van der Waals surface area contributed by atoms with E-state index >= 15 is 0 Å². The minimum absolute atomic E-state index is 0.0962. The molecule has 2 fully saturated rings. The van der Waals surface area contributed by atoms with Crippen LogP contribution in [0.3, 0.4) is 0 Å². The van der Waals surface area contributed by atoms with Crippen LogP contribution in [0.4, 0.5) is 14.6 Å². The molecular formula is C29H37ClF2N6O3. The molecule has 0 unspecified atom stereocenters. The van der Waals surface area contributed by atoms with Crippen molar-refractivity contribution in [2.75, 3.05) is 57.8 Å². The van der Waals surface area contributed by atoms with Gasteiger partial charge in [-0.1, -0.05) is 16.8 Å². The minimum Gasteiger partial charge on any atom is -0.491 e. The minimum atomic E-state index is -2.30. The molecule has 2 saturated heterocycles. The van der Waals surface area contributed by atoms with Crippen LogP contribution in [-0.2, 0) is 0 Å². The molecule has 1 atom stereocenters. The molecule has 2 aliphatic rings. The fourth-order valence-corrected chi connectivity index (χ4v) is 6.09. The molecule has 2 N–H and O–H groups in total. The lowest BCUT2D eigenvalue weighted by atomic mass is 9.72. The zero-order valence-corrected chi connectivity index (χ0v) is 24.6. The zero-order chi connectivity index (χ0) is 29.3. The van der Waals surface area contributed by atoms with Crippen molar-refractivity contribution in [3.05, 3.63) is 40.2 Å². The highest BCUT2D eigenvalue weighted by molar-refractivity contribution is 6.33. The number of hydrogen-bond acceptors (Lipinski definition) is 9. The number of hydrogen-bond donors (Lipinski definition) is 2. The monoisotopic (exact) mass is 590 g/mol. The number of likely N-dealkylation sites (N-methyl/N-ethyl adjacent to an activating group) is 1. The van der Waals surface area contributed by atoms with Crippen molar-refractivity contribution < 1.29 is 23.1 Å². The van der Waals surface area contributed by atoms with E-state index in [0.29, 0.717) is 47.6 Å². The summed E-state index contributed by atoms with van der Waals surface area (Å²) in [5.41, 5.74) is 3.89. The third-order valence-electron chi connectivity index (χ3n) is 8.12. The first-order chi connectivity index (χ1) is 19.6. The Kier molecular flexibility index (Phi) is 8.79. The number of halogens is 3. The van der Waals surface area contributed by atoms with E-state index in [1.54, 1.807) is 25.2 Å². The highest BCUT2D eigenvalue weighted by atomic mass is 35.5. The summed E-state index contributed by atoms with van der Waals surface area (Å²) < 4.78 is 37.1. The van der Waals surface area contributed by atoms with Crippen LogP contribution in [0.1, 0.15) is 29.9 Å². The van der Waals surface area contributed by atoms with Crippen LogP contribution < -0.4 is 15.0 Å². The number of aliphatic hydroxyl groups is 1. The fraction of sp³-hybridized carbons (Fsp3) is 0.552. The first-order valence-electron chi connectivity index (χ1n) is 13.9. The average Bonchev–Trinajstić information content (AvgIpc) is 3.25. The lowest BCUT2D eigenvalue weighted by Gasteiger charge is -2.54. The Morgan fingerprint density at radius 2 is 1.90 bits per heavy atom. The van der Waals surface area contributed by atoms with E-state index in [9.17, 15) is 13.9 Å². The first-order valence-corrected chi connectivity index (χ1v) is 14.3. The zero-order valence-electron chi connectivity index (χ0n) is 23.9. The van der Waals surface area contributed by atoms with Gasteiger partial charge in [0, 0.05) is 36.2 Å². The summed E-state index contributed by atoms with van der Waals surface area (Å²) in [6.45, 7) is 9.08. The lowest BCUT2D eigenvalue weighted by Crippen LogP contribution is -2.61. The highest BCUT2D eigenvalue weighted by Crippen LogP contribution is 2.45. The Balaban J connectivity index is 1.46. The molecule has 0 radical (unpaired) electrons. The molecule has 0 saturated carbocycles. The van der Waals surface area contributed by atoms with Crippen LogP contribution in [0.25, 0.3) is 22.6 Å². The second-order valence-corrected chi connectivity index (χ2v) is 11.7. The second kappa shape index (κ2) is 12.2. The summed E-state index contributed by atoms with van der Waals surface area (Å²) in [7, 11) is 1.77. The van der Waals surface area contributed by atoms with E-state index in [-0.39, 0.29) is 18.6 Å². The highest BCUT2D eigenvalue weighted by Gasteiger charge is 2.46. The van der Waals surface area contributed by atoms with Gasteiger partial charge in [-0.15, -0.1) is 0 Å². The van der Waals surface area contributed by atoms with Crippen LogP contribution in [0.5, 0.6) is 5.75 Å². The Hall–Kier alpha value is -2.86. The van der Waals surface area contributed by atoms with Gasteiger partial charge in [0.1, 0.15) is 30.0 Å². The standard InChI is InChI=1S/C29H37ClF2N6O3/c1-17-26(25-18(2)36-41-19(25)3)34-27(22-11-21(5-6-23(22)30)40-14-20(39)12-33-4)35-28(17)38-15-29(16-38)7-9-37(10-8-29)13-24(31)32/h5-6,11,20,24,33,39H,7-10,12-16H2,1-4H3/t20-/m1/s1. The van der Waals surface area contributed by atoms with Crippen molar-refractivity contribution in [2.45, 2.75) is 46.1 Å². The Morgan fingerprint density at radius 3 is 2.54 bits per heavy atom. The van der Waals surface area contributed by atoms with Crippen molar-refractivity contribution in [1.82, 2.24) is 25.3 Å². The van der Waals surface area contributed by atoms with Crippen LogP contribution in [-0.4, -0.2) is 90.6 Å². The van der Waals surface area contributed by atoms with E-state index in [1.807, 2.05) is 25.7 Å². The average molecular weight is 591 g/mol. The molecular weight excluding hydrogens is 554 g/mol. The number of anilines is 1. The van der Waals surface area contributed by atoms with E-state index in [0.717, 1.165) is 54.3 Å². The van der Waals surface area contributed by atoms with E-state index in [4.69, 9.17) is 30.8 Å². The van der Waals surface area contributed by atoms with Gasteiger partial charge in [0.25, 0.3) is 6.43 Å². The van der Waals surface area contributed by atoms with Crippen LogP contribution in [0, 0.1) is 26.2 Å². The number of nitrogens with one attached hydrogen (secondary N) is 1. The first kappa shape index (κ1) is 29.6. The smallest absolute Gasteiger partial charge is 0.251 e. The van der Waals surface area contributed by atoms with E-state index < -0.39 is 12.5 Å². The Morgan fingerprint density at radius 1 is 1.17 bits per heavy atom. The predicted octanol–water partition coefficient (Wildman–Crippen LogP) is 4.50. The Labute approximate surface area is 243 Å². The van der Waals surface area contributed by atoms with Gasteiger partial charge in [-0.3, -0.25) is 4.90 Å². The molecule has 2 aliphatic heterocycles. The molecule has 0 bridgehead atoms. The topological polar surface area (TPSA) is 99.8 Å². The number of nitrogens with zero attached hydrogens (tertiary/aromatic N) is 5. The summed E-state index contributed by atoms with van der Waals surface area (Å²) in [5.74, 6) is 2.45. The summed E-state index contributed by atoms with van der Waals surface area (Å²) >= 11 is 6.67. The molecule has 0 aliphatic carbocycles. The summed E-state index contributed by atoms with van der Waals surface area (Å²) in [6, 6.07) is 5.28. The number of alkyl halides is 2.